The number of nitrogens with one attached hydrogen (secondary N) is 2. The number of aliphatic carboxylic acids is 1. The standard InChI is InChI=1S/C20H23N3O3/c1-13(2)14-5-7-15(8-6-14)21-20-22-17-10-9-16(12-18(17)23-20)26-11-3-4-19(24)25/h5-10,12-13H,3-4,11H2,1-2H3,(H,24,25)(H2,21,22,23). The van der Waals surface area contributed by atoms with Crippen LogP contribution in [0.1, 0.15) is 38.2 Å². The number of fused-ring (bicyclic) bond motifs is 1. The average molecular weight is 353 g/mol. The largest absolute Gasteiger partial charge is 0.494 e. The Kier molecular flexibility index (Phi) is 5.41. The quantitative estimate of drug-likeness (QED) is 0.512. The summed E-state index contributed by atoms with van der Waals surface area (Å²) in [5, 5.41) is 11.9. The van der Waals surface area contributed by atoms with E-state index in [0.717, 1.165) is 16.7 Å². The minimum absolute atomic E-state index is 0.107. The van der Waals surface area contributed by atoms with Gasteiger partial charge >= 0.3 is 5.97 Å². The summed E-state index contributed by atoms with van der Waals surface area (Å²) in [5.41, 5.74) is 3.97. The molecule has 0 amide bonds. The molecular weight excluding hydrogens is 330 g/mol. The molecule has 26 heavy (non-hydrogen) atoms. The van der Waals surface area contributed by atoms with Crippen LogP contribution in [0.25, 0.3) is 11.0 Å². The van der Waals surface area contributed by atoms with Gasteiger partial charge in [0.1, 0.15) is 5.75 Å². The van der Waals surface area contributed by atoms with E-state index in [4.69, 9.17) is 9.84 Å². The van der Waals surface area contributed by atoms with Crippen molar-refractivity contribution >= 4 is 28.6 Å². The van der Waals surface area contributed by atoms with Crippen LogP contribution in [0.2, 0.25) is 0 Å². The van der Waals surface area contributed by atoms with Gasteiger partial charge in [0, 0.05) is 18.2 Å². The van der Waals surface area contributed by atoms with E-state index in [-0.39, 0.29) is 6.42 Å². The van der Waals surface area contributed by atoms with Gasteiger partial charge < -0.3 is 20.1 Å². The molecule has 0 aliphatic carbocycles. The number of rotatable bonds is 8. The number of ether oxygens (including phenoxy) is 1. The number of benzene rings is 2. The van der Waals surface area contributed by atoms with Crippen molar-refractivity contribution in [2.45, 2.75) is 32.6 Å². The number of H-pyrrole nitrogens is 1. The predicted molar refractivity (Wildman–Crippen MR) is 102 cm³/mol. The molecule has 0 fully saturated rings. The van der Waals surface area contributed by atoms with Gasteiger partial charge in [-0.3, -0.25) is 4.79 Å². The van der Waals surface area contributed by atoms with Gasteiger partial charge in [-0.05, 0) is 42.2 Å². The fourth-order valence-corrected chi connectivity index (χ4v) is 2.64. The summed E-state index contributed by atoms with van der Waals surface area (Å²) in [7, 11) is 0. The molecule has 0 aliphatic rings. The van der Waals surface area contributed by atoms with Crippen molar-refractivity contribution in [2.24, 2.45) is 0 Å². The van der Waals surface area contributed by atoms with Crippen LogP contribution in [-0.4, -0.2) is 27.7 Å². The summed E-state index contributed by atoms with van der Waals surface area (Å²) in [6, 6.07) is 13.9. The van der Waals surface area contributed by atoms with Crippen molar-refractivity contribution < 1.29 is 14.6 Å². The van der Waals surface area contributed by atoms with E-state index in [1.165, 1.54) is 5.56 Å². The lowest BCUT2D eigenvalue weighted by Crippen LogP contribution is -2.01. The van der Waals surface area contributed by atoms with Crippen molar-refractivity contribution in [1.82, 2.24) is 9.97 Å². The van der Waals surface area contributed by atoms with E-state index in [1.54, 1.807) is 0 Å². The Labute approximate surface area is 152 Å². The monoisotopic (exact) mass is 353 g/mol. The second-order valence-electron chi connectivity index (χ2n) is 6.51. The molecule has 3 aromatic rings. The second-order valence-corrected chi connectivity index (χ2v) is 6.51. The highest BCUT2D eigenvalue weighted by atomic mass is 16.5. The maximum absolute atomic E-state index is 10.5. The van der Waals surface area contributed by atoms with Gasteiger partial charge in [0.15, 0.2) is 0 Å². The SMILES string of the molecule is CC(C)c1ccc(Nc2nc3ccc(OCCCC(=O)O)cc3[nH]2)cc1. The van der Waals surface area contributed by atoms with Gasteiger partial charge in [0.05, 0.1) is 17.6 Å². The van der Waals surface area contributed by atoms with Gasteiger partial charge in [0.25, 0.3) is 0 Å². The molecule has 0 spiro atoms. The van der Waals surface area contributed by atoms with Gasteiger partial charge in [-0.2, -0.15) is 0 Å². The third-order valence-corrected chi connectivity index (χ3v) is 4.10. The zero-order chi connectivity index (χ0) is 18.5. The first kappa shape index (κ1) is 17.8. The molecule has 0 unspecified atom stereocenters. The minimum atomic E-state index is -0.810. The Morgan fingerprint density at radius 1 is 1.23 bits per heavy atom. The Morgan fingerprint density at radius 2 is 2.00 bits per heavy atom. The molecule has 0 saturated carbocycles. The molecule has 0 saturated heterocycles. The molecule has 1 heterocycles. The van der Waals surface area contributed by atoms with Crippen molar-refractivity contribution in [1.29, 1.82) is 0 Å². The van der Waals surface area contributed by atoms with E-state index >= 15 is 0 Å². The first-order valence-electron chi connectivity index (χ1n) is 8.72. The lowest BCUT2D eigenvalue weighted by molar-refractivity contribution is -0.137. The van der Waals surface area contributed by atoms with Crippen LogP contribution < -0.4 is 10.1 Å². The van der Waals surface area contributed by atoms with E-state index in [2.05, 4.69) is 41.3 Å². The Bertz CT molecular complexity index is 885. The van der Waals surface area contributed by atoms with Crippen molar-refractivity contribution in [3.05, 3.63) is 48.0 Å². The molecule has 136 valence electrons. The second kappa shape index (κ2) is 7.91. The highest BCUT2D eigenvalue weighted by Crippen LogP contribution is 2.24. The minimum Gasteiger partial charge on any atom is -0.494 e. The maximum atomic E-state index is 10.5. The summed E-state index contributed by atoms with van der Waals surface area (Å²) in [6.07, 6.45) is 0.589. The molecule has 3 rings (SSSR count). The lowest BCUT2D eigenvalue weighted by Gasteiger charge is -2.07. The molecule has 0 bridgehead atoms. The number of aromatic nitrogens is 2. The molecule has 2 aromatic carbocycles. The maximum Gasteiger partial charge on any atom is 0.303 e. The summed E-state index contributed by atoms with van der Waals surface area (Å²) in [4.78, 5) is 18.3. The zero-order valence-electron chi connectivity index (χ0n) is 15.0. The van der Waals surface area contributed by atoms with Crippen molar-refractivity contribution in [3.63, 3.8) is 0 Å². The number of imidazole rings is 1. The third kappa shape index (κ3) is 4.53. The van der Waals surface area contributed by atoms with E-state index in [0.29, 0.717) is 30.6 Å². The van der Waals surface area contributed by atoms with Crippen molar-refractivity contribution in [3.8, 4) is 5.75 Å². The normalized spacial score (nSPS) is 11.0. The molecule has 3 N–H and O–H groups in total. The number of hydrogen-bond acceptors (Lipinski definition) is 4. The van der Waals surface area contributed by atoms with Gasteiger partial charge in [-0.25, -0.2) is 4.98 Å². The fraction of sp³-hybridized carbons (Fsp3) is 0.300. The molecular formula is C20H23N3O3. The summed E-state index contributed by atoms with van der Waals surface area (Å²) < 4.78 is 5.60. The molecule has 0 aliphatic heterocycles. The molecule has 6 nitrogen and oxygen atoms in total. The highest BCUT2D eigenvalue weighted by Gasteiger charge is 2.06. The van der Waals surface area contributed by atoms with E-state index in [9.17, 15) is 4.79 Å². The van der Waals surface area contributed by atoms with E-state index in [1.807, 2.05) is 30.3 Å². The van der Waals surface area contributed by atoms with E-state index < -0.39 is 5.97 Å². The number of anilines is 2. The number of hydrogen-bond donors (Lipinski definition) is 3. The summed E-state index contributed by atoms with van der Waals surface area (Å²) >= 11 is 0. The van der Waals surface area contributed by atoms with Gasteiger partial charge in [-0.15, -0.1) is 0 Å². The number of aromatic amines is 1. The Hall–Kier alpha value is -3.02. The number of carbonyl (C=O) groups is 1. The Morgan fingerprint density at radius 3 is 2.69 bits per heavy atom. The number of carboxylic acid groups (broad SMARTS) is 1. The fourth-order valence-electron chi connectivity index (χ4n) is 2.64. The topological polar surface area (TPSA) is 87.2 Å². The van der Waals surface area contributed by atoms with Crippen LogP contribution in [0.3, 0.4) is 0 Å². The molecule has 1 aromatic heterocycles. The van der Waals surface area contributed by atoms with Gasteiger partial charge in [-0.1, -0.05) is 26.0 Å². The smallest absolute Gasteiger partial charge is 0.303 e. The van der Waals surface area contributed by atoms with Crippen LogP contribution in [0.15, 0.2) is 42.5 Å². The van der Waals surface area contributed by atoms with Crippen molar-refractivity contribution in [2.75, 3.05) is 11.9 Å². The van der Waals surface area contributed by atoms with Crippen LogP contribution in [0, 0.1) is 0 Å². The summed E-state index contributed by atoms with van der Waals surface area (Å²) in [5.74, 6) is 1.05. The highest BCUT2D eigenvalue weighted by molar-refractivity contribution is 5.80. The average Bonchev–Trinajstić information content (AvgIpc) is 3.00. The van der Waals surface area contributed by atoms with Crippen LogP contribution in [0.4, 0.5) is 11.6 Å². The first-order chi connectivity index (χ1) is 12.5. The van der Waals surface area contributed by atoms with Crippen LogP contribution >= 0.6 is 0 Å². The number of carboxylic acids is 1. The van der Waals surface area contributed by atoms with Crippen LogP contribution in [-0.2, 0) is 4.79 Å². The van der Waals surface area contributed by atoms with Crippen LogP contribution in [0.5, 0.6) is 5.75 Å². The number of nitrogens with zero attached hydrogens (tertiary/aromatic N) is 1. The van der Waals surface area contributed by atoms with Gasteiger partial charge in [0.2, 0.25) is 5.95 Å². The zero-order valence-corrected chi connectivity index (χ0v) is 15.0. The lowest BCUT2D eigenvalue weighted by atomic mass is 10.0. The predicted octanol–water partition coefficient (Wildman–Crippen LogP) is 4.67. The molecule has 6 heteroatoms. The first-order valence-corrected chi connectivity index (χ1v) is 8.72. The molecule has 0 radical (unpaired) electrons. The third-order valence-electron chi connectivity index (χ3n) is 4.10. The molecule has 0 atom stereocenters. The Balaban J connectivity index is 1.65. The summed E-state index contributed by atoms with van der Waals surface area (Å²) in [6.45, 7) is 4.71.